The summed E-state index contributed by atoms with van der Waals surface area (Å²) in [7, 11) is 0. The van der Waals surface area contributed by atoms with Crippen LogP contribution in [0.2, 0.25) is 0 Å². The molecule has 0 unspecified atom stereocenters. The molecule has 0 spiro atoms. The van der Waals surface area contributed by atoms with Crippen LogP contribution in [0.4, 0.5) is 4.39 Å². The summed E-state index contributed by atoms with van der Waals surface area (Å²) in [5, 5.41) is 2.81. The van der Waals surface area contributed by atoms with Crippen LogP contribution in [0.5, 0.6) is 0 Å². The smallest absolute Gasteiger partial charge is 0.341 e. The van der Waals surface area contributed by atoms with Crippen molar-refractivity contribution in [2.45, 2.75) is 38.8 Å². The van der Waals surface area contributed by atoms with Crippen LogP contribution in [0.3, 0.4) is 0 Å². The molecule has 132 valence electrons. The van der Waals surface area contributed by atoms with E-state index in [0.717, 1.165) is 12.8 Å². The third-order valence-corrected chi connectivity index (χ3v) is 3.84. The minimum Gasteiger partial charge on any atom is -0.449 e. The normalized spacial score (nSPS) is 12.9. The van der Waals surface area contributed by atoms with Crippen molar-refractivity contribution in [3.63, 3.8) is 0 Å². The van der Waals surface area contributed by atoms with E-state index in [-0.39, 0.29) is 11.6 Å². The van der Waals surface area contributed by atoms with Crippen LogP contribution in [0.15, 0.2) is 54.6 Å². The first-order valence-electron chi connectivity index (χ1n) is 8.27. The summed E-state index contributed by atoms with van der Waals surface area (Å²) in [5.74, 6) is -1.92. The van der Waals surface area contributed by atoms with E-state index in [1.54, 1.807) is 0 Å². The van der Waals surface area contributed by atoms with Crippen molar-refractivity contribution in [1.29, 1.82) is 0 Å². The summed E-state index contributed by atoms with van der Waals surface area (Å²) in [5.41, 5.74) is 1.02. The number of amides is 1. The number of benzene rings is 2. The van der Waals surface area contributed by atoms with Gasteiger partial charge in [0.1, 0.15) is 5.82 Å². The first-order chi connectivity index (χ1) is 12.0. The lowest BCUT2D eigenvalue weighted by Crippen LogP contribution is -2.41. The Hall–Kier alpha value is -2.69. The van der Waals surface area contributed by atoms with E-state index >= 15 is 0 Å². The van der Waals surface area contributed by atoms with Crippen molar-refractivity contribution in [3.05, 3.63) is 71.5 Å². The summed E-state index contributed by atoms with van der Waals surface area (Å²) < 4.78 is 18.6. The molecule has 0 saturated carbocycles. The summed E-state index contributed by atoms with van der Waals surface area (Å²) in [6.45, 7) is 3.37. The molecule has 2 aromatic carbocycles. The molecule has 2 atom stereocenters. The SMILES string of the molecule is C[C@H](OC(=O)c1ccccc1F)C(=O)N[C@@H](C)CCc1ccccc1. The predicted molar refractivity (Wildman–Crippen MR) is 93.6 cm³/mol. The number of esters is 1. The number of carbonyl (C=O) groups excluding carboxylic acids is 2. The molecule has 0 aliphatic rings. The van der Waals surface area contributed by atoms with E-state index in [1.807, 2.05) is 37.3 Å². The molecule has 0 aromatic heterocycles. The molecule has 0 saturated heterocycles. The molecule has 0 heterocycles. The van der Waals surface area contributed by atoms with Crippen molar-refractivity contribution >= 4 is 11.9 Å². The van der Waals surface area contributed by atoms with Gasteiger partial charge in [0.15, 0.2) is 6.10 Å². The van der Waals surface area contributed by atoms with Crippen LogP contribution in [-0.4, -0.2) is 24.0 Å². The maximum absolute atomic E-state index is 13.6. The molecule has 0 bridgehead atoms. The minimum absolute atomic E-state index is 0.0673. The first kappa shape index (κ1) is 18.6. The van der Waals surface area contributed by atoms with E-state index in [1.165, 1.54) is 36.8 Å². The fraction of sp³-hybridized carbons (Fsp3) is 0.300. The largest absolute Gasteiger partial charge is 0.449 e. The fourth-order valence-corrected chi connectivity index (χ4v) is 2.36. The molecule has 2 rings (SSSR count). The summed E-state index contributed by atoms with van der Waals surface area (Å²) >= 11 is 0. The van der Waals surface area contributed by atoms with E-state index in [2.05, 4.69) is 5.32 Å². The average Bonchev–Trinajstić information content (AvgIpc) is 2.61. The van der Waals surface area contributed by atoms with Crippen molar-refractivity contribution < 1.29 is 18.7 Å². The van der Waals surface area contributed by atoms with Gasteiger partial charge in [-0.05, 0) is 44.4 Å². The number of aryl methyl sites for hydroxylation is 1. The van der Waals surface area contributed by atoms with Gasteiger partial charge in [-0.25, -0.2) is 9.18 Å². The number of rotatable bonds is 7. The van der Waals surface area contributed by atoms with E-state index in [9.17, 15) is 14.0 Å². The number of carbonyl (C=O) groups is 2. The number of hydrogen-bond acceptors (Lipinski definition) is 3. The Bertz CT molecular complexity index is 718. The highest BCUT2D eigenvalue weighted by Gasteiger charge is 2.21. The van der Waals surface area contributed by atoms with E-state index in [4.69, 9.17) is 4.74 Å². The van der Waals surface area contributed by atoms with Gasteiger partial charge in [0.2, 0.25) is 0 Å². The van der Waals surface area contributed by atoms with Crippen molar-refractivity contribution in [3.8, 4) is 0 Å². The minimum atomic E-state index is -0.994. The zero-order valence-electron chi connectivity index (χ0n) is 14.4. The topological polar surface area (TPSA) is 55.4 Å². The Kier molecular flexibility index (Phi) is 6.69. The molecule has 0 aliphatic carbocycles. The highest BCUT2D eigenvalue weighted by atomic mass is 19.1. The molecular weight excluding hydrogens is 321 g/mol. The fourth-order valence-electron chi connectivity index (χ4n) is 2.36. The molecule has 0 aliphatic heterocycles. The van der Waals surface area contributed by atoms with E-state index in [0.29, 0.717) is 0 Å². The third-order valence-electron chi connectivity index (χ3n) is 3.84. The molecule has 2 aromatic rings. The Balaban J connectivity index is 1.81. The van der Waals surface area contributed by atoms with Crippen molar-refractivity contribution in [2.75, 3.05) is 0 Å². The second-order valence-corrected chi connectivity index (χ2v) is 5.96. The van der Waals surface area contributed by atoms with Crippen LogP contribution in [0.25, 0.3) is 0 Å². The molecule has 0 fully saturated rings. The van der Waals surface area contributed by atoms with Gasteiger partial charge in [0.25, 0.3) is 5.91 Å². The lowest BCUT2D eigenvalue weighted by Gasteiger charge is -2.18. The highest BCUT2D eigenvalue weighted by Crippen LogP contribution is 2.10. The second kappa shape index (κ2) is 8.97. The van der Waals surface area contributed by atoms with Gasteiger partial charge in [-0.15, -0.1) is 0 Å². The summed E-state index contributed by atoms with van der Waals surface area (Å²) in [6, 6.07) is 15.4. The monoisotopic (exact) mass is 343 g/mol. The van der Waals surface area contributed by atoms with Gasteiger partial charge in [-0.2, -0.15) is 0 Å². The van der Waals surface area contributed by atoms with Crippen LogP contribution in [0, 0.1) is 5.82 Å². The zero-order chi connectivity index (χ0) is 18.2. The maximum atomic E-state index is 13.6. The molecule has 1 N–H and O–H groups in total. The molecule has 25 heavy (non-hydrogen) atoms. The predicted octanol–water partition coefficient (Wildman–Crippen LogP) is 3.51. The Morgan fingerprint density at radius 2 is 1.68 bits per heavy atom. The number of ether oxygens (including phenoxy) is 1. The van der Waals surface area contributed by atoms with Crippen LogP contribution >= 0.6 is 0 Å². The lowest BCUT2D eigenvalue weighted by atomic mass is 10.1. The Morgan fingerprint density at radius 1 is 1.04 bits per heavy atom. The quantitative estimate of drug-likeness (QED) is 0.783. The van der Waals surface area contributed by atoms with Crippen LogP contribution < -0.4 is 5.32 Å². The zero-order valence-corrected chi connectivity index (χ0v) is 14.4. The molecule has 4 nitrogen and oxygen atoms in total. The Labute approximate surface area is 147 Å². The number of hydrogen-bond donors (Lipinski definition) is 1. The van der Waals surface area contributed by atoms with Gasteiger partial charge >= 0.3 is 5.97 Å². The van der Waals surface area contributed by atoms with Gasteiger partial charge < -0.3 is 10.1 Å². The van der Waals surface area contributed by atoms with Crippen LogP contribution in [-0.2, 0) is 16.0 Å². The lowest BCUT2D eigenvalue weighted by molar-refractivity contribution is -0.129. The molecule has 0 radical (unpaired) electrons. The molecule has 5 heteroatoms. The molecular formula is C20H22FNO3. The average molecular weight is 343 g/mol. The standard InChI is InChI=1S/C20H22FNO3/c1-14(12-13-16-8-4-3-5-9-16)22-19(23)15(2)25-20(24)17-10-6-7-11-18(17)21/h3-11,14-15H,12-13H2,1-2H3,(H,22,23)/t14-,15-/m0/s1. The van der Waals surface area contributed by atoms with Gasteiger partial charge in [0.05, 0.1) is 5.56 Å². The third kappa shape index (κ3) is 5.71. The second-order valence-electron chi connectivity index (χ2n) is 5.96. The first-order valence-corrected chi connectivity index (χ1v) is 8.27. The van der Waals surface area contributed by atoms with Crippen molar-refractivity contribution in [1.82, 2.24) is 5.32 Å². The Morgan fingerprint density at radius 3 is 2.36 bits per heavy atom. The maximum Gasteiger partial charge on any atom is 0.341 e. The van der Waals surface area contributed by atoms with Crippen molar-refractivity contribution in [2.24, 2.45) is 0 Å². The molecule has 1 amide bonds. The van der Waals surface area contributed by atoms with Gasteiger partial charge in [-0.3, -0.25) is 4.79 Å². The number of halogens is 1. The summed E-state index contributed by atoms with van der Waals surface area (Å²) in [4.78, 5) is 24.1. The van der Waals surface area contributed by atoms with Crippen LogP contribution in [0.1, 0.15) is 36.2 Å². The van der Waals surface area contributed by atoms with Gasteiger partial charge in [0, 0.05) is 6.04 Å². The summed E-state index contributed by atoms with van der Waals surface area (Å²) in [6.07, 6.45) is 0.612. The number of nitrogens with one attached hydrogen (secondary N) is 1. The highest BCUT2D eigenvalue weighted by molar-refractivity contribution is 5.92. The van der Waals surface area contributed by atoms with Gasteiger partial charge in [-0.1, -0.05) is 42.5 Å². The van der Waals surface area contributed by atoms with E-state index < -0.39 is 23.8 Å².